The van der Waals surface area contributed by atoms with Gasteiger partial charge in [0, 0.05) is 0 Å². The van der Waals surface area contributed by atoms with Crippen molar-refractivity contribution >= 4 is 27.6 Å². The first-order chi connectivity index (χ1) is 12.3. The van der Waals surface area contributed by atoms with Crippen molar-refractivity contribution in [3.63, 3.8) is 0 Å². The van der Waals surface area contributed by atoms with E-state index < -0.39 is 18.4 Å². The van der Waals surface area contributed by atoms with Gasteiger partial charge in [-0.25, -0.2) is 0 Å². The zero-order valence-electron chi connectivity index (χ0n) is 16.9. The zero-order valence-corrected chi connectivity index (χ0v) is 19.7. The number of hydrogen-bond acceptors (Lipinski definition) is 2. The summed E-state index contributed by atoms with van der Waals surface area (Å²) in [6.07, 6.45) is 8.35. The second kappa shape index (κ2) is 11.5. The van der Waals surface area contributed by atoms with Crippen LogP contribution in [-0.4, -0.2) is 44.7 Å². The van der Waals surface area contributed by atoms with Crippen molar-refractivity contribution in [3.8, 4) is 0 Å². The van der Waals surface area contributed by atoms with Crippen LogP contribution in [-0.2, 0) is 4.74 Å². The van der Waals surface area contributed by atoms with Gasteiger partial charge in [-0.1, -0.05) is 0 Å². The molecule has 0 atom stereocenters. The van der Waals surface area contributed by atoms with E-state index in [9.17, 15) is 0 Å². The maximum atomic E-state index is 5.55. The molecule has 25 heavy (non-hydrogen) atoms. The molecule has 0 amide bonds. The number of nitrogens with zero attached hydrogens (tertiary/aromatic N) is 1. The van der Waals surface area contributed by atoms with E-state index in [2.05, 4.69) is 49.9 Å². The summed E-state index contributed by atoms with van der Waals surface area (Å²) in [5.41, 5.74) is 1.45. The molecule has 1 fully saturated rings. The van der Waals surface area contributed by atoms with Gasteiger partial charge in [0.2, 0.25) is 0 Å². The van der Waals surface area contributed by atoms with Gasteiger partial charge in [0.15, 0.2) is 0 Å². The van der Waals surface area contributed by atoms with Crippen molar-refractivity contribution in [2.45, 2.75) is 72.6 Å². The molecule has 0 unspecified atom stereocenters. The van der Waals surface area contributed by atoms with Crippen LogP contribution in [0.2, 0.25) is 13.3 Å². The molecule has 0 aromatic heterocycles. The van der Waals surface area contributed by atoms with E-state index in [4.69, 9.17) is 4.74 Å². The Bertz CT molecular complexity index is 463. The van der Waals surface area contributed by atoms with Gasteiger partial charge in [0.05, 0.1) is 0 Å². The van der Waals surface area contributed by atoms with Crippen molar-refractivity contribution in [2.75, 3.05) is 31.2 Å². The summed E-state index contributed by atoms with van der Waals surface area (Å²) in [6, 6.07) is 9.77. The molecule has 1 aliphatic rings. The van der Waals surface area contributed by atoms with E-state index in [1.165, 1.54) is 44.2 Å². The molecule has 0 radical (unpaired) electrons. The monoisotopic (exact) mass is 453 g/mol. The van der Waals surface area contributed by atoms with Crippen molar-refractivity contribution in [3.05, 3.63) is 24.3 Å². The van der Waals surface area contributed by atoms with Crippen LogP contribution in [0.25, 0.3) is 0 Å². The van der Waals surface area contributed by atoms with E-state index in [1.54, 1.807) is 16.9 Å². The van der Waals surface area contributed by atoms with E-state index >= 15 is 0 Å². The second-order valence-corrected chi connectivity index (χ2v) is 21.0. The summed E-state index contributed by atoms with van der Waals surface area (Å²) < 4.78 is 12.0. The molecule has 142 valence electrons. The van der Waals surface area contributed by atoms with Crippen LogP contribution in [0.1, 0.15) is 59.3 Å². The van der Waals surface area contributed by atoms with Gasteiger partial charge in [-0.2, -0.15) is 0 Å². The number of hydrogen-bond donors (Lipinski definition) is 0. The first-order valence-electron chi connectivity index (χ1n) is 10.7. The Morgan fingerprint density at radius 1 is 0.880 bits per heavy atom. The standard InChI is InChI=1S/C10H12NO.3C4H9.Sn/c1-2-4-10(5-3-1)11-6-8-12-9-7-11;3*1-3-4-2;/h1-2,4-5H,6-9H2;3*1,3-4H2,2H3;. The van der Waals surface area contributed by atoms with Crippen LogP contribution in [0, 0.1) is 0 Å². The Morgan fingerprint density at radius 2 is 1.44 bits per heavy atom. The molecule has 1 saturated heterocycles. The third kappa shape index (κ3) is 6.16. The molecule has 1 aromatic carbocycles. The molecular formula is C22H39NOSn. The fraction of sp³-hybridized carbons (Fsp3) is 0.727. The van der Waals surface area contributed by atoms with E-state index in [0.717, 1.165) is 26.3 Å². The zero-order chi connectivity index (χ0) is 18.0. The Kier molecular flexibility index (Phi) is 9.68. The van der Waals surface area contributed by atoms with Gasteiger partial charge in [0.25, 0.3) is 0 Å². The van der Waals surface area contributed by atoms with Crippen LogP contribution in [0.3, 0.4) is 0 Å². The maximum absolute atomic E-state index is 5.55. The Labute approximate surface area is 160 Å². The Morgan fingerprint density at radius 3 is 1.96 bits per heavy atom. The Hall–Kier alpha value is -0.221. The molecule has 2 nitrogen and oxygen atoms in total. The third-order valence-corrected chi connectivity index (χ3v) is 21.5. The summed E-state index contributed by atoms with van der Waals surface area (Å²) in [7, 11) is 0. The van der Waals surface area contributed by atoms with Gasteiger partial charge in [0.1, 0.15) is 0 Å². The molecule has 0 bridgehead atoms. The molecule has 0 saturated carbocycles. The molecule has 0 N–H and O–H groups in total. The number of anilines is 1. The number of rotatable bonds is 11. The average Bonchev–Trinajstić information content (AvgIpc) is 2.68. The van der Waals surface area contributed by atoms with E-state index in [0.29, 0.717) is 0 Å². The number of unbranched alkanes of at least 4 members (excludes halogenated alkanes) is 3. The number of ether oxygens (including phenoxy) is 1. The third-order valence-electron chi connectivity index (χ3n) is 5.86. The SMILES string of the molecule is CCC[CH2][Sn]([CH2]CCC)([CH2]CCC)[c]1cccc(N2CCOCC2)c1. The second-order valence-electron chi connectivity index (χ2n) is 7.74. The molecule has 1 aromatic rings. The average molecular weight is 452 g/mol. The van der Waals surface area contributed by atoms with Gasteiger partial charge in [-0.15, -0.1) is 0 Å². The van der Waals surface area contributed by atoms with Crippen LogP contribution in [0.4, 0.5) is 5.69 Å². The van der Waals surface area contributed by atoms with Crippen molar-refractivity contribution in [1.29, 1.82) is 0 Å². The first-order valence-corrected chi connectivity index (χ1v) is 18.2. The molecule has 0 aliphatic carbocycles. The topological polar surface area (TPSA) is 12.5 Å². The molecular weight excluding hydrogens is 413 g/mol. The van der Waals surface area contributed by atoms with Crippen molar-refractivity contribution in [2.24, 2.45) is 0 Å². The minimum absolute atomic E-state index is 0.875. The van der Waals surface area contributed by atoms with Crippen LogP contribution < -0.4 is 8.48 Å². The Balaban J connectivity index is 2.29. The van der Waals surface area contributed by atoms with Gasteiger partial charge >= 0.3 is 160 Å². The van der Waals surface area contributed by atoms with Gasteiger partial charge < -0.3 is 0 Å². The molecule has 3 heteroatoms. The minimum atomic E-state index is -2.29. The predicted molar refractivity (Wildman–Crippen MR) is 114 cm³/mol. The molecule has 0 spiro atoms. The van der Waals surface area contributed by atoms with E-state index in [1.807, 2.05) is 0 Å². The molecule has 2 rings (SSSR count). The summed E-state index contributed by atoms with van der Waals surface area (Å²) in [6.45, 7) is 10.9. The fourth-order valence-corrected chi connectivity index (χ4v) is 20.2. The molecule has 1 aliphatic heterocycles. The molecule has 1 heterocycles. The predicted octanol–water partition coefficient (Wildman–Crippen LogP) is 5.58. The first kappa shape index (κ1) is 21.1. The summed E-state index contributed by atoms with van der Waals surface area (Å²) in [4.78, 5) is 2.53. The quantitative estimate of drug-likeness (QED) is 0.407. The van der Waals surface area contributed by atoms with Gasteiger partial charge in [-0.3, -0.25) is 0 Å². The normalized spacial score (nSPS) is 15.6. The number of morpholine rings is 1. The fourth-order valence-electron chi connectivity index (χ4n) is 4.21. The van der Waals surface area contributed by atoms with Crippen LogP contribution in [0.15, 0.2) is 24.3 Å². The number of benzene rings is 1. The van der Waals surface area contributed by atoms with Crippen LogP contribution in [0.5, 0.6) is 0 Å². The van der Waals surface area contributed by atoms with E-state index in [-0.39, 0.29) is 0 Å². The van der Waals surface area contributed by atoms with Crippen molar-refractivity contribution in [1.82, 2.24) is 0 Å². The van der Waals surface area contributed by atoms with Crippen molar-refractivity contribution < 1.29 is 4.74 Å². The van der Waals surface area contributed by atoms with Gasteiger partial charge in [-0.05, 0) is 0 Å². The summed E-state index contributed by atoms with van der Waals surface area (Å²) >= 11 is -2.29. The van der Waals surface area contributed by atoms with Crippen LogP contribution >= 0.6 is 0 Å². The summed E-state index contributed by atoms with van der Waals surface area (Å²) in [5.74, 6) is 0. The summed E-state index contributed by atoms with van der Waals surface area (Å²) in [5, 5.41) is 0.